The summed E-state index contributed by atoms with van der Waals surface area (Å²) in [4.78, 5) is 17.2. The number of thiazole rings is 1. The average molecular weight is 319 g/mol. The lowest BCUT2D eigenvalue weighted by molar-refractivity contribution is -0.137. The van der Waals surface area contributed by atoms with Crippen LogP contribution in [0.1, 0.15) is 25.7 Å². The zero-order valence-corrected chi connectivity index (χ0v) is 11.8. The van der Waals surface area contributed by atoms with Crippen molar-refractivity contribution in [3.63, 3.8) is 0 Å². The highest BCUT2D eigenvalue weighted by molar-refractivity contribution is 9.10. The topological polar surface area (TPSA) is 53.4 Å². The van der Waals surface area contributed by atoms with Crippen LogP contribution in [0.25, 0.3) is 0 Å². The number of rotatable bonds is 4. The van der Waals surface area contributed by atoms with E-state index in [0.29, 0.717) is 12.3 Å². The third kappa shape index (κ3) is 3.67. The number of nitrogens with zero attached hydrogens (tertiary/aromatic N) is 2. The van der Waals surface area contributed by atoms with Crippen molar-refractivity contribution < 1.29 is 9.90 Å². The highest BCUT2D eigenvalue weighted by Gasteiger charge is 2.21. The number of halogens is 1. The van der Waals surface area contributed by atoms with Crippen LogP contribution in [0.5, 0.6) is 0 Å². The summed E-state index contributed by atoms with van der Waals surface area (Å²) >= 11 is 5.01. The normalized spacial score (nSPS) is 17.4. The average Bonchev–Trinajstić information content (AvgIpc) is 2.74. The van der Waals surface area contributed by atoms with Crippen LogP contribution in [0.3, 0.4) is 0 Å². The van der Waals surface area contributed by atoms with Crippen molar-refractivity contribution in [2.45, 2.75) is 25.7 Å². The van der Waals surface area contributed by atoms with Gasteiger partial charge in [0.2, 0.25) is 0 Å². The lowest BCUT2D eigenvalue weighted by Crippen LogP contribution is -2.33. The molecular weight excluding hydrogens is 304 g/mol. The molecule has 2 rings (SSSR count). The molecule has 6 heteroatoms. The molecule has 1 fully saturated rings. The van der Waals surface area contributed by atoms with Gasteiger partial charge < -0.3 is 10.0 Å². The second kappa shape index (κ2) is 5.82. The van der Waals surface area contributed by atoms with Gasteiger partial charge in [-0.15, -0.1) is 11.3 Å². The highest BCUT2D eigenvalue weighted by atomic mass is 79.9. The van der Waals surface area contributed by atoms with Gasteiger partial charge in [-0.1, -0.05) is 0 Å². The molecule has 0 saturated carbocycles. The third-order valence-electron chi connectivity index (χ3n) is 3.12. The molecule has 1 aromatic rings. The standard InChI is InChI=1S/C11H15BrN2O2S/c12-9-7-17-11(13-9)14-5-3-8(4-6-14)1-2-10(15)16/h7-8H,1-6H2,(H,15,16). The van der Waals surface area contributed by atoms with Crippen LogP contribution < -0.4 is 4.90 Å². The van der Waals surface area contributed by atoms with Crippen molar-refractivity contribution in [3.8, 4) is 0 Å². The van der Waals surface area contributed by atoms with E-state index < -0.39 is 5.97 Å². The van der Waals surface area contributed by atoms with Gasteiger partial charge in [0.1, 0.15) is 4.60 Å². The summed E-state index contributed by atoms with van der Waals surface area (Å²) < 4.78 is 0.894. The van der Waals surface area contributed by atoms with Gasteiger partial charge in [0.25, 0.3) is 0 Å². The fraction of sp³-hybridized carbons (Fsp3) is 0.636. The van der Waals surface area contributed by atoms with E-state index in [4.69, 9.17) is 5.11 Å². The van der Waals surface area contributed by atoms with Gasteiger partial charge in [-0.2, -0.15) is 0 Å². The van der Waals surface area contributed by atoms with E-state index in [1.807, 2.05) is 5.38 Å². The van der Waals surface area contributed by atoms with E-state index in [1.165, 1.54) is 0 Å². The molecule has 0 bridgehead atoms. The Labute approximate surface area is 113 Å². The Balaban J connectivity index is 1.80. The van der Waals surface area contributed by atoms with Crippen molar-refractivity contribution in [2.75, 3.05) is 18.0 Å². The van der Waals surface area contributed by atoms with Crippen molar-refractivity contribution in [1.82, 2.24) is 4.98 Å². The number of aliphatic carboxylic acids is 1. The van der Waals surface area contributed by atoms with E-state index in [9.17, 15) is 4.79 Å². The molecular formula is C11H15BrN2O2S. The summed E-state index contributed by atoms with van der Waals surface area (Å²) in [5, 5.41) is 11.7. The molecule has 1 saturated heterocycles. The Morgan fingerprint density at radius 2 is 2.29 bits per heavy atom. The van der Waals surface area contributed by atoms with Crippen molar-refractivity contribution in [2.24, 2.45) is 5.92 Å². The molecule has 0 amide bonds. The first-order valence-electron chi connectivity index (χ1n) is 5.73. The van der Waals surface area contributed by atoms with E-state index in [2.05, 4.69) is 25.8 Å². The lowest BCUT2D eigenvalue weighted by Gasteiger charge is -2.31. The minimum atomic E-state index is -0.684. The number of carboxylic acids is 1. The Morgan fingerprint density at radius 3 is 2.82 bits per heavy atom. The van der Waals surface area contributed by atoms with Gasteiger partial charge in [0, 0.05) is 24.9 Å². The predicted molar refractivity (Wildman–Crippen MR) is 71.6 cm³/mol. The second-order valence-corrected chi connectivity index (χ2v) is 5.96. The summed E-state index contributed by atoms with van der Waals surface area (Å²) in [7, 11) is 0. The minimum absolute atomic E-state index is 0.299. The molecule has 1 aliphatic rings. The van der Waals surface area contributed by atoms with Crippen molar-refractivity contribution in [1.29, 1.82) is 0 Å². The molecule has 0 atom stereocenters. The van der Waals surface area contributed by atoms with Gasteiger partial charge in [-0.25, -0.2) is 4.98 Å². The quantitative estimate of drug-likeness (QED) is 0.927. The van der Waals surface area contributed by atoms with Crippen molar-refractivity contribution >= 4 is 38.4 Å². The molecule has 0 aliphatic carbocycles. The number of carbonyl (C=O) groups is 1. The fourth-order valence-electron chi connectivity index (χ4n) is 2.13. The molecule has 17 heavy (non-hydrogen) atoms. The zero-order chi connectivity index (χ0) is 12.3. The molecule has 4 nitrogen and oxygen atoms in total. The van der Waals surface area contributed by atoms with Crippen LogP contribution in [-0.4, -0.2) is 29.1 Å². The van der Waals surface area contributed by atoms with Crippen LogP contribution in [0.2, 0.25) is 0 Å². The Morgan fingerprint density at radius 1 is 1.59 bits per heavy atom. The van der Waals surface area contributed by atoms with Crippen LogP contribution in [0, 0.1) is 5.92 Å². The van der Waals surface area contributed by atoms with E-state index >= 15 is 0 Å². The van der Waals surface area contributed by atoms with Crippen LogP contribution in [0.15, 0.2) is 9.98 Å². The number of carboxylic acid groups (broad SMARTS) is 1. The SMILES string of the molecule is O=C(O)CCC1CCN(c2nc(Br)cs2)CC1. The summed E-state index contributed by atoms with van der Waals surface area (Å²) in [5.41, 5.74) is 0. The molecule has 0 radical (unpaired) electrons. The Bertz CT molecular complexity index is 389. The van der Waals surface area contributed by atoms with E-state index in [-0.39, 0.29) is 0 Å². The molecule has 1 N–H and O–H groups in total. The van der Waals surface area contributed by atoms with Gasteiger partial charge in [-0.3, -0.25) is 4.79 Å². The first-order valence-corrected chi connectivity index (χ1v) is 7.40. The van der Waals surface area contributed by atoms with Crippen molar-refractivity contribution in [3.05, 3.63) is 9.98 Å². The van der Waals surface area contributed by atoms with Crippen LogP contribution in [0.4, 0.5) is 5.13 Å². The number of piperidine rings is 1. The van der Waals surface area contributed by atoms with Gasteiger partial charge >= 0.3 is 5.97 Å². The Hall–Kier alpha value is -0.620. The molecule has 1 aliphatic heterocycles. The molecule has 0 spiro atoms. The Kier molecular flexibility index (Phi) is 4.39. The maximum Gasteiger partial charge on any atom is 0.303 e. The maximum absolute atomic E-state index is 10.5. The molecule has 2 heterocycles. The molecule has 94 valence electrons. The molecule has 0 unspecified atom stereocenters. The summed E-state index contributed by atoms with van der Waals surface area (Å²) in [6.45, 7) is 1.98. The van der Waals surface area contributed by atoms with E-state index in [0.717, 1.165) is 42.1 Å². The third-order valence-corrected chi connectivity index (χ3v) is 4.73. The van der Waals surface area contributed by atoms with Gasteiger partial charge in [-0.05, 0) is 41.1 Å². The smallest absolute Gasteiger partial charge is 0.303 e. The van der Waals surface area contributed by atoms with Crippen LogP contribution >= 0.6 is 27.3 Å². The minimum Gasteiger partial charge on any atom is -0.481 e. The first-order chi connectivity index (χ1) is 8.15. The zero-order valence-electron chi connectivity index (χ0n) is 9.43. The summed E-state index contributed by atoms with van der Waals surface area (Å²) in [6.07, 6.45) is 3.26. The number of aromatic nitrogens is 1. The maximum atomic E-state index is 10.5. The predicted octanol–water partition coefficient (Wildman–Crippen LogP) is 2.99. The van der Waals surface area contributed by atoms with Gasteiger partial charge in [0.05, 0.1) is 0 Å². The largest absolute Gasteiger partial charge is 0.481 e. The summed E-state index contributed by atoms with van der Waals surface area (Å²) in [5.74, 6) is -0.123. The monoisotopic (exact) mass is 318 g/mol. The number of anilines is 1. The number of hydrogen-bond acceptors (Lipinski definition) is 4. The highest BCUT2D eigenvalue weighted by Crippen LogP contribution is 2.29. The fourth-order valence-corrected chi connectivity index (χ4v) is 3.43. The molecule has 1 aromatic heterocycles. The lowest BCUT2D eigenvalue weighted by atomic mass is 9.92. The van der Waals surface area contributed by atoms with E-state index in [1.54, 1.807) is 11.3 Å². The number of hydrogen-bond donors (Lipinski definition) is 1. The van der Waals surface area contributed by atoms with Gasteiger partial charge in [0.15, 0.2) is 5.13 Å². The first kappa shape index (κ1) is 12.8. The molecule has 0 aromatic carbocycles. The second-order valence-electron chi connectivity index (χ2n) is 4.32. The summed E-state index contributed by atoms with van der Waals surface area (Å²) in [6, 6.07) is 0. The van der Waals surface area contributed by atoms with Crippen LogP contribution in [-0.2, 0) is 4.79 Å².